The predicted molar refractivity (Wildman–Crippen MR) is 209 cm³/mol. The number of rotatable bonds is 8. The summed E-state index contributed by atoms with van der Waals surface area (Å²) in [6.07, 6.45) is 3.47. The first-order valence-electron chi connectivity index (χ1n) is 18.2. The monoisotopic (exact) mass is 731 g/mol. The Bertz CT molecular complexity index is 1880. The van der Waals surface area contributed by atoms with E-state index in [4.69, 9.17) is 4.74 Å². The number of piperazine rings is 2. The number of anilines is 3. The summed E-state index contributed by atoms with van der Waals surface area (Å²) in [4.78, 5) is 18.0. The van der Waals surface area contributed by atoms with Crippen molar-refractivity contribution < 1.29 is 17.9 Å². The molecule has 0 spiro atoms. The van der Waals surface area contributed by atoms with Gasteiger partial charge in [0.05, 0.1) is 0 Å². The van der Waals surface area contributed by atoms with Crippen LogP contribution >= 0.6 is 0 Å². The normalized spacial score (nSPS) is 16.4. The summed E-state index contributed by atoms with van der Waals surface area (Å²) in [5, 5.41) is 9.66. The summed E-state index contributed by atoms with van der Waals surface area (Å²) in [7, 11) is 0. The highest BCUT2D eigenvalue weighted by molar-refractivity contribution is 5.83. The number of hydrogen-bond donors (Lipinski definition) is 4. The van der Waals surface area contributed by atoms with Crippen LogP contribution in [0.1, 0.15) is 51.8 Å². The van der Waals surface area contributed by atoms with Crippen molar-refractivity contribution in [2.45, 2.75) is 47.5 Å². The Labute approximate surface area is 310 Å². The largest absolute Gasteiger partial charge is 0.435 e. The zero-order chi connectivity index (χ0) is 37.9. The number of likely N-dealkylation sites (N-methyl/N-ethyl adjacent to an activating group) is 1. The fraction of sp³-hybridized carbons (Fsp3) is 0.400. The molecule has 53 heavy (non-hydrogen) atoms. The van der Waals surface area contributed by atoms with Crippen molar-refractivity contribution in [3.05, 3.63) is 102 Å². The van der Waals surface area contributed by atoms with Crippen LogP contribution in [0.2, 0.25) is 0 Å². The molecule has 10 nitrogen and oxygen atoms in total. The fourth-order valence-corrected chi connectivity index (χ4v) is 6.30. The summed E-state index contributed by atoms with van der Waals surface area (Å²) >= 11 is 0. The van der Waals surface area contributed by atoms with Gasteiger partial charge in [0.25, 0.3) is 6.43 Å². The third kappa shape index (κ3) is 10.5. The lowest BCUT2D eigenvalue weighted by molar-refractivity contribution is 0.147. The van der Waals surface area contributed by atoms with E-state index in [0.717, 1.165) is 88.7 Å². The zero-order valence-electron chi connectivity index (χ0n) is 31.4. The smallest absolute Gasteiger partial charge is 0.272 e. The molecule has 0 radical (unpaired) electrons. The Morgan fingerprint density at radius 2 is 1.74 bits per heavy atom. The van der Waals surface area contributed by atoms with Crippen molar-refractivity contribution in [1.82, 2.24) is 35.4 Å². The highest BCUT2D eigenvalue weighted by Crippen LogP contribution is 2.38. The Morgan fingerprint density at radius 1 is 1.02 bits per heavy atom. The molecule has 2 aromatic heterocycles. The number of ether oxygens (including phenoxy) is 1. The number of aryl methyl sites for hydroxylation is 1. The van der Waals surface area contributed by atoms with E-state index in [9.17, 15) is 13.2 Å². The van der Waals surface area contributed by atoms with Crippen LogP contribution in [0.5, 0.6) is 11.6 Å². The number of fused-ring (bicyclic) bond motifs is 1. The van der Waals surface area contributed by atoms with Gasteiger partial charge in [0.1, 0.15) is 17.7 Å². The van der Waals surface area contributed by atoms with Crippen LogP contribution in [0.25, 0.3) is 10.9 Å². The summed E-state index contributed by atoms with van der Waals surface area (Å²) in [6, 6.07) is 12.2. The Kier molecular flexibility index (Phi) is 13.8. The van der Waals surface area contributed by atoms with Gasteiger partial charge in [0, 0.05) is 104 Å². The standard InChI is InChI=1S/C26H27F3N6O.C8H16N2.C6H9N/c1-3-34-10-12-35(13-11-34)18-6-4-17(5-7-18)33-25-22(24(28)29)26(31-15-30-25)36-21-9-8-20-19(23(21)27)14-16(2)32-20;1-3-8(2)10-6-4-9-5-7-10;1-5-3-4-6(2)7-5/h4-9,14-15,24,32H,3,10-13H2,1-2H3,(H,30,31,33);3,9H,4-7H2,1-2H3;4,7H,1,3H2,2H3/b;8-3+;. The number of benzene rings is 2. The Morgan fingerprint density at radius 3 is 2.32 bits per heavy atom. The second kappa shape index (κ2) is 18.7. The molecule has 3 aliphatic rings. The molecule has 2 aromatic carbocycles. The van der Waals surface area contributed by atoms with E-state index >= 15 is 0 Å². The van der Waals surface area contributed by atoms with Gasteiger partial charge in [-0.15, -0.1) is 0 Å². The van der Waals surface area contributed by atoms with E-state index in [1.807, 2.05) is 31.2 Å². The molecule has 0 atom stereocenters. The summed E-state index contributed by atoms with van der Waals surface area (Å²) in [5.41, 5.74) is 6.23. The average Bonchev–Trinajstić information content (AvgIpc) is 3.76. The van der Waals surface area contributed by atoms with Gasteiger partial charge in [0.2, 0.25) is 5.88 Å². The van der Waals surface area contributed by atoms with E-state index in [2.05, 4.69) is 85.1 Å². The number of H-pyrrole nitrogens is 1. The molecule has 7 rings (SSSR count). The molecule has 13 heteroatoms. The number of halogens is 3. The van der Waals surface area contributed by atoms with Gasteiger partial charge in [-0.05, 0) is 76.7 Å². The van der Waals surface area contributed by atoms with Crippen molar-refractivity contribution >= 4 is 28.1 Å². The number of allylic oxidation sites excluding steroid dienone is 4. The first-order chi connectivity index (χ1) is 25.6. The van der Waals surface area contributed by atoms with Crippen molar-refractivity contribution in [2.24, 2.45) is 0 Å². The number of alkyl halides is 2. The molecule has 5 heterocycles. The van der Waals surface area contributed by atoms with Gasteiger partial charge in [-0.25, -0.2) is 23.1 Å². The van der Waals surface area contributed by atoms with Gasteiger partial charge in [-0.3, -0.25) is 0 Å². The fourth-order valence-electron chi connectivity index (χ4n) is 6.30. The molecular formula is C40H52F3N9O. The van der Waals surface area contributed by atoms with E-state index in [1.165, 1.54) is 17.5 Å². The summed E-state index contributed by atoms with van der Waals surface area (Å²) in [5.74, 6) is -1.35. The van der Waals surface area contributed by atoms with Crippen molar-refractivity contribution in [2.75, 3.05) is 69.1 Å². The second-order valence-corrected chi connectivity index (χ2v) is 13.2. The van der Waals surface area contributed by atoms with Gasteiger partial charge in [0.15, 0.2) is 11.6 Å². The lowest BCUT2D eigenvalue weighted by atomic mass is 10.2. The number of aromatic nitrogens is 3. The Balaban J connectivity index is 0.000000260. The zero-order valence-corrected chi connectivity index (χ0v) is 31.4. The molecule has 284 valence electrons. The van der Waals surface area contributed by atoms with Gasteiger partial charge in [-0.2, -0.15) is 0 Å². The first kappa shape index (κ1) is 39.2. The summed E-state index contributed by atoms with van der Waals surface area (Å²) in [6.45, 7) is 23.5. The molecular weight excluding hydrogens is 679 g/mol. The Hall–Kier alpha value is -5.01. The van der Waals surface area contributed by atoms with Crippen LogP contribution in [0.3, 0.4) is 0 Å². The van der Waals surface area contributed by atoms with Crippen molar-refractivity contribution in [3.63, 3.8) is 0 Å². The minimum absolute atomic E-state index is 0.0988. The molecule has 0 saturated carbocycles. The number of hydrogen-bond acceptors (Lipinski definition) is 9. The number of nitrogens with one attached hydrogen (secondary N) is 4. The third-order valence-corrected chi connectivity index (χ3v) is 9.49. The van der Waals surface area contributed by atoms with Gasteiger partial charge in [-0.1, -0.05) is 25.7 Å². The maximum atomic E-state index is 15.0. The highest BCUT2D eigenvalue weighted by Gasteiger charge is 2.24. The van der Waals surface area contributed by atoms with E-state index < -0.39 is 23.7 Å². The lowest BCUT2D eigenvalue weighted by Gasteiger charge is -2.35. The van der Waals surface area contributed by atoms with Crippen LogP contribution in [0.4, 0.5) is 30.4 Å². The van der Waals surface area contributed by atoms with Crippen LogP contribution < -0.4 is 25.6 Å². The van der Waals surface area contributed by atoms with Crippen molar-refractivity contribution in [3.8, 4) is 11.6 Å². The van der Waals surface area contributed by atoms with Crippen LogP contribution in [-0.4, -0.2) is 83.7 Å². The number of nitrogens with zero attached hydrogens (tertiary/aromatic N) is 5. The quantitative estimate of drug-likeness (QED) is 0.143. The SMILES string of the molecule is C/C=C(\C)N1CCNCC1.C=C1CC=C(C)N1.CCN1CCN(c2ccc(Nc3ncnc(Oc4ccc5[nH]c(C)cc5c4F)c3C(F)F)cc2)CC1. The molecule has 0 aliphatic carbocycles. The lowest BCUT2D eigenvalue weighted by Crippen LogP contribution is -2.46. The average molecular weight is 732 g/mol. The van der Waals surface area contributed by atoms with Crippen LogP contribution in [-0.2, 0) is 0 Å². The van der Waals surface area contributed by atoms with E-state index in [-0.39, 0.29) is 11.6 Å². The maximum Gasteiger partial charge on any atom is 0.272 e. The third-order valence-electron chi connectivity index (χ3n) is 9.49. The first-order valence-corrected chi connectivity index (χ1v) is 18.2. The molecule has 2 fully saturated rings. The van der Waals surface area contributed by atoms with Gasteiger partial charge < -0.3 is 40.4 Å². The van der Waals surface area contributed by atoms with E-state index in [1.54, 1.807) is 19.1 Å². The minimum Gasteiger partial charge on any atom is -0.435 e. The molecule has 4 N–H and O–H groups in total. The molecule has 4 aromatic rings. The molecule has 3 aliphatic heterocycles. The highest BCUT2D eigenvalue weighted by atomic mass is 19.3. The second-order valence-electron chi connectivity index (χ2n) is 13.2. The topological polar surface area (TPSA) is 96.6 Å². The molecule has 0 unspecified atom stereocenters. The van der Waals surface area contributed by atoms with Crippen molar-refractivity contribution in [1.29, 1.82) is 0 Å². The predicted octanol–water partition coefficient (Wildman–Crippen LogP) is 8.23. The van der Waals surface area contributed by atoms with Crippen LogP contribution in [0, 0.1) is 12.7 Å². The van der Waals surface area contributed by atoms with Crippen LogP contribution in [0.15, 0.2) is 84.6 Å². The van der Waals surface area contributed by atoms with Gasteiger partial charge >= 0.3 is 0 Å². The molecule has 2 saturated heterocycles. The van der Waals surface area contributed by atoms with E-state index in [0.29, 0.717) is 16.6 Å². The molecule has 0 bridgehead atoms. The minimum atomic E-state index is -2.95. The molecule has 0 amide bonds. The number of aromatic amines is 1. The maximum absolute atomic E-state index is 15.0. The summed E-state index contributed by atoms with van der Waals surface area (Å²) < 4.78 is 48.7.